The van der Waals surface area contributed by atoms with Crippen LogP contribution < -0.4 is 4.74 Å². The second-order valence-corrected chi connectivity index (χ2v) is 5.53. The number of carbonyl (C=O) groups is 1. The number of rotatable bonds is 6. The summed E-state index contributed by atoms with van der Waals surface area (Å²) in [6.07, 6.45) is 1.78. The standard InChI is InChI=1S/C17H25NO3.ClH/c1-3-20-17(19)15-7-9-18(10-8-15)11-12-21-16-6-4-5-14(2)13-16;/h4-6,13,15H,3,7-12H2,1-2H3;1H. The fourth-order valence-electron chi connectivity index (χ4n) is 2.65. The zero-order valence-corrected chi connectivity index (χ0v) is 14.2. The molecule has 1 aromatic rings. The van der Waals surface area contributed by atoms with E-state index < -0.39 is 0 Å². The molecular weight excluding hydrogens is 302 g/mol. The van der Waals surface area contributed by atoms with Gasteiger partial charge in [-0.2, -0.15) is 0 Å². The van der Waals surface area contributed by atoms with Gasteiger partial charge < -0.3 is 9.47 Å². The van der Waals surface area contributed by atoms with Crippen LogP contribution in [0, 0.1) is 12.8 Å². The van der Waals surface area contributed by atoms with Gasteiger partial charge in [-0.15, -0.1) is 12.4 Å². The van der Waals surface area contributed by atoms with Crippen LogP contribution in [0.5, 0.6) is 5.75 Å². The van der Waals surface area contributed by atoms with Crippen LogP contribution in [0.4, 0.5) is 0 Å². The number of esters is 1. The minimum Gasteiger partial charge on any atom is -0.492 e. The van der Waals surface area contributed by atoms with Crippen LogP contribution in [0.3, 0.4) is 0 Å². The molecule has 1 aliphatic rings. The SMILES string of the molecule is CCOC(=O)C1CCN(CCOc2cccc(C)c2)CC1.Cl. The molecule has 0 saturated carbocycles. The van der Waals surface area contributed by atoms with Crippen molar-refractivity contribution in [2.24, 2.45) is 5.92 Å². The molecule has 2 rings (SSSR count). The lowest BCUT2D eigenvalue weighted by Gasteiger charge is -2.30. The van der Waals surface area contributed by atoms with Crippen molar-refractivity contribution in [1.29, 1.82) is 0 Å². The Hall–Kier alpha value is -1.26. The number of piperidine rings is 1. The minimum absolute atomic E-state index is 0. The number of ether oxygens (including phenoxy) is 2. The van der Waals surface area contributed by atoms with Crippen LogP contribution in [-0.2, 0) is 9.53 Å². The Morgan fingerprint density at radius 2 is 2.05 bits per heavy atom. The first-order valence-electron chi connectivity index (χ1n) is 7.77. The molecule has 0 spiro atoms. The molecule has 0 aromatic heterocycles. The number of aryl methyl sites for hydroxylation is 1. The second-order valence-electron chi connectivity index (χ2n) is 5.53. The molecule has 22 heavy (non-hydrogen) atoms. The summed E-state index contributed by atoms with van der Waals surface area (Å²) in [6, 6.07) is 8.11. The van der Waals surface area contributed by atoms with Crippen LogP contribution in [0.25, 0.3) is 0 Å². The van der Waals surface area contributed by atoms with E-state index in [-0.39, 0.29) is 24.3 Å². The zero-order valence-electron chi connectivity index (χ0n) is 13.4. The Labute approximate surface area is 139 Å². The normalized spacial score (nSPS) is 15.9. The summed E-state index contributed by atoms with van der Waals surface area (Å²) in [7, 11) is 0. The number of benzene rings is 1. The molecule has 5 heteroatoms. The van der Waals surface area contributed by atoms with Crippen LogP contribution in [0.1, 0.15) is 25.3 Å². The molecule has 0 bridgehead atoms. The van der Waals surface area contributed by atoms with E-state index in [1.54, 1.807) is 0 Å². The highest BCUT2D eigenvalue weighted by atomic mass is 35.5. The zero-order chi connectivity index (χ0) is 15.1. The van der Waals surface area contributed by atoms with Crippen LogP contribution in [0.15, 0.2) is 24.3 Å². The first kappa shape index (κ1) is 18.8. The number of halogens is 1. The highest BCUT2D eigenvalue weighted by molar-refractivity contribution is 5.85. The van der Waals surface area contributed by atoms with Gasteiger partial charge in [-0.3, -0.25) is 9.69 Å². The average Bonchev–Trinajstić information content (AvgIpc) is 2.48. The maximum Gasteiger partial charge on any atom is 0.309 e. The topological polar surface area (TPSA) is 38.8 Å². The van der Waals surface area contributed by atoms with Crippen molar-refractivity contribution in [3.05, 3.63) is 29.8 Å². The summed E-state index contributed by atoms with van der Waals surface area (Å²) in [5.74, 6) is 0.975. The Morgan fingerprint density at radius 3 is 2.68 bits per heavy atom. The molecule has 1 aliphatic heterocycles. The van der Waals surface area contributed by atoms with Crippen molar-refractivity contribution < 1.29 is 14.3 Å². The number of nitrogens with zero attached hydrogens (tertiary/aromatic N) is 1. The summed E-state index contributed by atoms with van der Waals surface area (Å²) in [5.41, 5.74) is 1.21. The van der Waals surface area contributed by atoms with E-state index in [1.165, 1.54) is 5.56 Å². The number of hydrogen-bond donors (Lipinski definition) is 0. The highest BCUT2D eigenvalue weighted by Crippen LogP contribution is 2.18. The first-order valence-corrected chi connectivity index (χ1v) is 7.77. The molecule has 1 fully saturated rings. The Kier molecular flexibility index (Phi) is 8.28. The van der Waals surface area contributed by atoms with Gasteiger partial charge in [0.25, 0.3) is 0 Å². The van der Waals surface area contributed by atoms with Crippen LogP contribution in [0.2, 0.25) is 0 Å². The van der Waals surface area contributed by atoms with Gasteiger partial charge in [-0.05, 0) is 57.5 Å². The van der Waals surface area contributed by atoms with Gasteiger partial charge in [-0.25, -0.2) is 0 Å². The summed E-state index contributed by atoms with van der Waals surface area (Å²) < 4.78 is 10.9. The summed E-state index contributed by atoms with van der Waals surface area (Å²) >= 11 is 0. The van der Waals surface area contributed by atoms with E-state index >= 15 is 0 Å². The third kappa shape index (κ3) is 5.85. The van der Waals surface area contributed by atoms with Gasteiger partial charge in [0.1, 0.15) is 12.4 Å². The van der Waals surface area contributed by atoms with Gasteiger partial charge >= 0.3 is 5.97 Å². The van der Waals surface area contributed by atoms with E-state index in [0.717, 1.165) is 38.2 Å². The summed E-state index contributed by atoms with van der Waals surface area (Å²) in [5, 5.41) is 0. The number of likely N-dealkylation sites (tertiary alicyclic amines) is 1. The molecule has 0 amide bonds. The molecule has 1 saturated heterocycles. The van der Waals surface area contributed by atoms with E-state index in [0.29, 0.717) is 13.2 Å². The van der Waals surface area contributed by atoms with Crippen LogP contribution >= 0.6 is 12.4 Å². The van der Waals surface area contributed by atoms with Crippen molar-refractivity contribution >= 4 is 18.4 Å². The largest absolute Gasteiger partial charge is 0.492 e. The van der Waals surface area contributed by atoms with Crippen molar-refractivity contribution in [2.45, 2.75) is 26.7 Å². The second kappa shape index (κ2) is 9.70. The lowest BCUT2D eigenvalue weighted by atomic mass is 9.97. The van der Waals surface area contributed by atoms with Gasteiger partial charge in [0.15, 0.2) is 0 Å². The van der Waals surface area contributed by atoms with E-state index in [4.69, 9.17) is 9.47 Å². The smallest absolute Gasteiger partial charge is 0.309 e. The maximum absolute atomic E-state index is 11.7. The Bertz CT molecular complexity index is 459. The molecule has 0 N–H and O–H groups in total. The molecule has 124 valence electrons. The van der Waals surface area contributed by atoms with Crippen LogP contribution in [-0.4, -0.2) is 43.7 Å². The van der Waals surface area contributed by atoms with E-state index in [1.807, 2.05) is 25.1 Å². The third-order valence-electron chi connectivity index (χ3n) is 3.87. The molecule has 0 unspecified atom stereocenters. The molecule has 4 nitrogen and oxygen atoms in total. The molecule has 1 aromatic carbocycles. The predicted molar refractivity (Wildman–Crippen MR) is 89.7 cm³/mol. The van der Waals surface area contributed by atoms with Gasteiger partial charge in [-0.1, -0.05) is 12.1 Å². The van der Waals surface area contributed by atoms with Crippen molar-refractivity contribution in [3.8, 4) is 5.75 Å². The average molecular weight is 328 g/mol. The van der Waals surface area contributed by atoms with Gasteiger partial charge in [0.2, 0.25) is 0 Å². The van der Waals surface area contributed by atoms with E-state index in [2.05, 4.69) is 17.9 Å². The van der Waals surface area contributed by atoms with Gasteiger partial charge in [0, 0.05) is 6.54 Å². The molecule has 0 aliphatic carbocycles. The molecule has 0 atom stereocenters. The van der Waals surface area contributed by atoms with E-state index in [9.17, 15) is 4.79 Å². The van der Waals surface area contributed by atoms with Crippen molar-refractivity contribution in [3.63, 3.8) is 0 Å². The fourth-order valence-corrected chi connectivity index (χ4v) is 2.65. The number of carbonyl (C=O) groups excluding carboxylic acids is 1. The summed E-state index contributed by atoms with van der Waals surface area (Å²) in [6.45, 7) is 7.88. The van der Waals surface area contributed by atoms with Gasteiger partial charge in [0.05, 0.1) is 12.5 Å². The van der Waals surface area contributed by atoms with Crippen molar-refractivity contribution in [2.75, 3.05) is 32.8 Å². The number of hydrogen-bond acceptors (Lipinski definition) is 4. The lowest BCUT2D eigenvalue weighted by Crippen LogP contribution is -2.39. The minimum atomic E-state index is -0.0341. The Balaban J connectivity index is 0.00000242. The molecule has 1 heterocycles. The highest BCUT2D eigenvalue weighted by Gasteiger charge is 2.25. The van der Waals surface area contributed by atoms with Crippen molar-refractivity contribution in [1.82, 2.24) is 4.90 Å². The molecular formula is C17H26ClNO3. The molecule has 0 radical (unpaired) electrons. The first-order chi connectivity index (χ1) is 10.2. The Morgan fingerprint density at radius 1 is 1.32 bits per heavy atom. The monoisotopic (exact) mass is 327 g/mol. The lowest BCUT2D eigenvalue weighted by molar-refractivity contribution is -0.149. The summed E-state index contributed by atoms with van der Waals surface area (Å²) in [4.78, 5) is 14.0. The maximum atomic E-state index is 11.7. The third-order valence-corrected chi connectivity index (χ3v) is 3.87. The predicted octanol–water partition coefficient (Wildman–Crippen LogP) is 3.07. The quantitative estimate of drug-likeness (QED) is 0.753. The fraction of sp³-hybridized carbons (Fsp3) is 0.588.